The summed E-state index contributed by atoms with van der Waals surface area (Å²) in [5, 5.41) is 6.57. The third-order valence-electron chi connectivity index (χ3n) is 4.53. The summed E-state index contributed by atoms with van der Waals surface area (Å²) in [5.74, 6) is 0.987. The summed E-state index contributed by atoms with van der Waals surface area (Å²) >= 11 is 0. The molecule has 2 rings (SSSR count). The van der Waals surface area contributed by atoms with E-state index in [9.17, 15) is 4.39 Å². The number of morpholine rings is 1. The molecule has 152 valence electrons. The number of guanidine groups is 1. The number of rotatable bonds is 8. The van der Waals surface area contributed by atoms with Gasteiger partial charge in [0.25, 0.3) is 0 Å². The lowest BCUT2D eigenvalue weighted by Gasteiger charge is -2.39. The van der Waals surface area contributed by atoms with E-state index in [0.717, 1.165) is 38.8 Å². The first-order valence-electron chi connectivity index (χ1n) is 9.68. The molecule has 6 nitrogen and oxygen atoms in total. The van der Waals surface area contributed by atoms with Crippen molar-refractivity contribution in [2.75, 3.05) is 45.9 Å². The molecule has 1 aliphatic heterocycles. The van der Waals surface area contributed by atoms with Gasteiger partial charge in [-0.25, -0.2) is 4.39 Å². The number of nitrogens with zero attached hydrogens (tertiary/aromatic N) is 2. The number of hydrogen-bond donors (Lipinski definition) is 2. The maximum atomic E-state index is 13.3. The Bertz CT molecular complexity index is 603. The number of aliphatic imine (C=N–C) groups is 1. The molecule has 0 bridgehead atoms. The second-order valence-electron chi connectivity index (χ2n) is 7.37. The summed E-state index contributed by atoms with van der Waals surface area (Å²) in [6.07, 6.45) is -0.122. The van der Waals surface area contributed by atoms with Crippen molar-refractivity contribution in [1.29, 1.82) is 0 Å². The molecule has 0 aliphatic carbocycles. The van der Waals surface area contributed by atoms with E-state index in [2.05, 4.69) is 29.4 Å². The maximum Gasteiger partial charge on any atom is 0.191 e. The smallest absolute Gasteiger partial charge is 0.191 e. The molecule has 1 aromatic rings. The van der Waals surface area contributed by atoms with E-state index >= 15 is 0 Å². The molecule has 0 amide bonds. The maximum absolute atomic E-state index is 13.3. The van der Waals surface area contributed by atoms with Crippen LogP contribution in [0.4, 0.5) is 4.39 Å². The van der Waals surface area contributed by atoms with Gasteiger partial charge in [-0.2, -0.15) is 0 Å². The number of hydrogen-bond acceptors (Lipinski definition) is 4. The fraction of sp³-hybridized carbons (Fsp3) is 0.650. The minimum atomic E-state index is -0.298. The van der Waals surface area contributed by atoms with Gasteiger partial charge in [0.05, 0.1) is 26.3 Å². The zero-order valence-electron chi connectivity index (χ0n) is 16.9. The van der Waals surface area contributed by atoms with Gasteiger partial charge in [0, 0.05) is 31.2 Å². The standard InChI is InChI=1S/C20H33FN4O2/c1-5-22-19(24-15-20(3,4)25-9-11-26-12-10-25)23-14-16(2)27-18-8-6-7-17(21)13-18/h6-8,13,16H,5,9-12,14-15H2,1-4H3,(H2,22,23,24). The van der Waals surface area contributed by atoms with Crippen LogP contribution in [-0.4, -0.2) is 68.4 Å². The summed E-state index contributed by atoms with van der Waals surface area (Å²) in [7, 11) is 0. The number of nitrogens with one attached hydrogen (secondary N) is 2. The summed E-state index contributed by atoms with van der Waals surface area (Å²) in [4.78, 5) is 7.17. The average Bonchev–Trinajstić information content (AvgIpc) is 2.65. The van der Waals surface area contributed by atoms with E-state index in [-0.39, 0.29) is 17.5 Å². The van der Waals surface area contributed by atoms with Gasteiger partial charge in [-0.05, 0) is 39.8 Å². The van der Waals surface area contributed by atoms with E-state index in [4.69, 9.17) is 14.5 Å². The van der Waals surface area contributed by atoms with Gasteiger partial charge in [0.2, 0.25) is 0 Å². The zero-order chi connectivity index (χ0) is 19.7. The van der Waals surface area contributed by atoms with Crippen LogP contribution < -0.4 is 15.4 Å². The highest BCUT2D eigenvalue weighted by atomic mass is 19.1. The average molecular weight is 381 g/mol. The summed E-state index contributed by atoms with van der Waals surface area (Å²) in [6.45, 7) is 13.9. The molecule has 1 atom stereocenters. The molecule has 0 aromatic heterocycles. The Kier molecular flexibility index (Phi) is 8.31. The predicted octanol–water partition coefficient (Wildman–Crippen LogP) is 2.26. The molecule has 1 unspecified atom stereocenters. The number of benzene rings is 1. The molecule has 1 heterocycles. The Morgan fingerprint density at radius 1 is 1.33 bits per heavy atom. The second kappa shape index (κ2) is 10.5. The quantitative estimate of drug-likeness (QED) is 0.535. The molecule has 1 fully saturated rings. The lowest BCUT2D eigenvalue weighted by atomic mass is 10.0. The van der Waals surface area contributed by atoms with Crippen molar-refractivity contribution >= 4 is 5.96 Å². The first-order valence-corrected chi connectivity index (χ1v) is 9.68. The van der Waals surface area contributed by atoms with Crippen LogP contribution in [0.25, 0.3) is 0 Å². The van der Waals surface area contributed by atoms with Gasteiger partial charge in [-0.1, -0.05) is 6.07 Å². The Morgan fingerprint density at radius 2 is 2.07 bits per heavy atom. The van der Waals surface area contributed by atoms with Crippen LogP contribution in [0.3, 0.4) is 0 Å². The molecule has 0 saturated carbocycles. The van der Waals surface area contributed by atoms with E-state index in [1.807, 2.05) is 13.8 Å². The molecule has 1 saturated heterocycles. The number of ether oxygens (including phenoxy) is 2. The van der Waals surface area contributed by atoms with Crippen LogP contribution in [0.15, 0.2) is 29.3 Å². The van der Waals surface area contributed by atoms with Crippen LogP contribution in [0, 0.1) is 5.82 Å². The lowest BCUT2D eigenvalue weighted by molar-refractivity contribution is -0.00684. The highest BCUT2D eigenvalue weighted by Gasteiger charge is 2.28. The van der Waals surface area contributed by atoms with Crippen LogP contribution in [0.1, 0.15) is 27.7 Å². The van der Waals surface area contributed by atoms with Crippen molar-refractivity contribution in [1.82, 2.24) is 15.5 Å². The molecule has 2 N–H and O–H groups in total. The van der Waals surface area contributed by atoms with Crippen LogP contribution in [0.5, 0.6) is 5.75 Å². The highest BCUT2D eigenvalue weighted by molar-refractivity contribution is 5.79. The van der Waals surface area contributed by atoms with Gasteiger partial charge < -0.3 is 20.1 Å². The monoisotopic (exact) mass is 380 g/mol. The van der Waals surface area contributed by atoms with Gasteiger partial charge in [0.15, 0.2) is 5.96 Å². The SMILES string of the molecule is CCNC(=NCC(C)(C)N1CCOCC1)NCC(C)Oc1cccc(F)c1. The highest BCUT2D eigenvalue weighted by Crippen LogP contribution is 2.16. The first-order chi connectivity index (χ1) is 12.9. The lowest BCUT2D eigenvalue weighted by Crippen LogP contribution is -2.52. The van der Waals surface area contributed by atoms with E-state index < -0.39 is 0 Å². The van der Waals surface area contributed by atoms with E-state index in [1.54, 1.807) is 12.1 Å². The van der Waals surface area contributed by atoms with Gasteiger partial charge >= 0.3 is 0 Å². The molecule has 0 radical (unpaired) electrons. The molecule has 27 heavy (non-hydrogen) atoms. The largest absolute Gasteiger partial charge is 0.489 e. The van der Waals surface area contributed by atoms with Crippen LogP contribution >= 0.6 is 0 Å². The molecule has 1 aromatic carbocycles. The number of halogens is 1. The minimum Gasteiger partial charge on any atom is -0.489 e. The fourth-order valence-corrected chi connectivity index (χ4v) is 2.94. The molecule has 7 heteroatoms. The Morgan fingerprint density at radius 3 is 2.74 bits per heavy atom. The third kappa shape index (κ3) is 7.34. The Labute approximate surface area is 162 Å². The first kappa shape index (κ1) is 21.4. The summed E-state index contributed by atoms with van der Waals surface area (Å²) in [6, 6.07) is 6.19. The normalized spacial score (nSPS) is 17.4. The topological polar surface area (TPSA) is 58.1 Å². The van der Waals surface area contributed by atoms with Crippen molar-refractivity contribution < 1.29 is 13.9 Å². The fourth-order valence-electron chi connectivity index (χ4n) is 2.94. The van der Waals surface area contributed by atoms with Crippen molar-refractivity contribution in [2.45, 2.75) is 39.3 Å². The van der Waals surface area contributed by atoms with Crippen LogP contribution in [0.2, 0.25) is 0 Å². The minimum absolute atomic E-state index is 0.0319. The Balaban J connectivity index is 1.86. The second-order valence-corrected chi connectivity index (χ2v) is 7.37. The summed E-state index contributed by atoms with van der Waals surface area (Å²) in [5.41, 5.74) is -0.0319. The van der Waals surface area contributed by atoms with Crippen molar-refractivity contribution in [3.05, 3.63) is 30.1 Å². The zero-order valence-corrected chi connectivity index (χ0v) is 16.9. The molecular formula is C20H33FN4O2. The predicted molar refractivity (Wildman–Crippen MR) is 107 cm³/mol. The van der Waals surface area contributed by atoms with E-state index in [1.165, 1.54) is 12.1 Å². The van der Waals surface area contributed by atoms with Crippen LogP contribution in [-0.2, 0) is 4.74 Å². The van der Waals surface area contributed by atoms with Crippen molar-refractivity contribution in [3.63, 3.8) is 0 Å². The van der Waals surface area contributed by atoms with Crippen molar-refractivity contribution in [2.24, 2.45) is 4.99 Å². The Hall–Kier alpha value is -1.86. The van der Waals surface area contributed by atoms with Gasteiger partial charge in [0.1, 0.15) is 17.7 Å². The molecular weight excluding hydrogens is 347 g/mol. The third-order valence-corrected chi connectivity index (χ3v) is 4.53. The molecule has 0 spiro atoms. The van der Waals surface area contributed by atoms with Gasteiger partial charge in [-0.15, -0.1) is 0 Å². The van der Waals surface area contributed by atoms with Crippen molar-refractivity contribution in [3.8, 4) is 5.75 Å². The van der Waals surface area contributed by atoms with Gasteiger partial charge in [-0.3, -0.25) is 9.89 Å². The van der Waals surface area contributed by atoms with E-state index in [0.29, 0.717) is 18.8 Å². The molecule has 1 aliphatic rings. The summed E-state index contributed by atoms with van der Waals surface area (Å²) < 4.78 is 24.5.